The number of hydrogen-bond acceptors (Lipinski definition) is 5. The Bertz CT molecular complexity index is 926. The van der Waals surface area contributed by atoms with Gasteiger partial charge in [0.2, 0.25) is 0 Å². The number of carboxylic acid groups (broad SMARTS) is 1. The molecular formula is C23H27ClN2O5. The summed E-state index contributed by atoms with van der Waals surface area (Å²) in [6.07, 6.45) is 6.30. The van der Waals surface area contributed by atoms with Crippen molar-refractivity contribution in [2.45, 2.75) is 50.5 Å². The smallest absolute Gasteiger partial charge is 0.329 e. The zero-order valence-corrected chi connectivity index (χ0v) is 18.3. The Kier molecular flexibility index (Phi) is 7.74. The van der Waals surface area contributed by atoms with Crippen molar-refractivity contribution in [3.05, 3.63) is 52.7 Å². The Morgan fingerprint density at radius 1 is 1.19 bits per heavy atom. The quantitative estimate of drug-likeness (QED) is 0.587. The van der Waals surface area contributed by atoms with Crippen LogP contribution in [0, 0.1) is 0 Å². The van der Waals surface area contributed by atoms with Crippen LogP contribution in [-0.4, -0.2) is 41.2 Å². The molecule has 8 heteroatoms. The molecule has 0 bridgehead atoms. The SMILES string of the molecule is COc1ncc(C(=O)NC2(C(=O)O)CCCCCC2)cc1OCCc1cccc(Cl)c1. The van der Waals surface area contributed by atoms with Gasteiger partial charge in [-0.05, 0) is 30.5 Å². The maximum Gasteiger partial charge on any atom is 0.329 e. The number of hydrogen-bond donors (Lipinski definition) is 2. The maximum absolute atomic E-state index is 12.9. The van der Waals surface area contributed by atoms with Gasteiger partial charge in [-0.2, -0.15) is 0 Å². The summed E-state index contributed by atoms with van der Waals surface area (Å²) in [5.41, 5.74) is -0.00490. The van der Waals surface area contributed by atoms with Gasteiger partial charge in [0, 0.05) is 23.7 Å². The van der Waals surface area contributed by atoms with Crippen LogP contribution >= 0.6 is 11.6 Å². The van der Waals surface area contributed by atoms with Crippen molar-refractivity contribution in [1.82, 2.24) is 10.3 Å². The Hall–Kier alpha value is -2.80. The molecule has 0 unspecified atom stereocenters. The molecule has 1 amide bonds. The Morgan fingerprint density at radius 3 is 2.58 bits per heavy atom. The van der Waals surface area contributed by atoms with Crippen LogP contribution in [0.25, 0.3) is 0 Å². The molecule has 0 radical (unpaired) electrons. The van der Waals surface area contributed by atoms with Gasteiger partial charge in [-0.25, -0.2) is 9.78 Å². The molecule has 166 valence electrons. The van der Waals surface area contributed by atoms with Crippen LogP contribution in [0.1, 0.15) is 54.4 Å². The van der Waals surface area contributed by atoms with Crippen molar-refractivity contribution < 1.29 is 24.2 Å². The molecule has 2 N–H and O–H groups in total. The number of carbonyl (C=O) groups excluding carboxylic acids is 1. The summed E-state index contributed by atoms with van der Waals surface area (Å²) < 4.78 is 11.1. The van der Waals surface area contributed by atoms with E-state index in [1.54, 1.807) is 6.07 Å². The number of carbonyl (C=O) groups is 2. The second-order valence-corrected chi connectivity index (χ2v) is 8.15. The molecule has 0 aliphatic heterocycles. The summed E-state index contributed by atoms with van der Waals surface area (Å²) in [7, 11) is 1.47. The largest absolute Gasteiger partial charge is 0.488 e. The van der Waals surface area contributed by atoms with E-state index in [0.29, 0.717) is 36.6 Å². The summed E-state index contributed by atoms with van der Waals surface area (Å²) in [5.74, 6) is -0.908. The monoisotopic (exact) mass is 446 g/mol. The standard InChI is InChI=1S/C23H27ClN2O5/c1-30-21-19(31-12-9-16-7-6-8-18(24)13-16)14-17(15-25-21)20(27)26-23(22(28)29)10-4-2-3-5-11-23/h6-8,13-15H,2-5,9-12H2,1H3,(H,26,27)(H,28,29). The third kappa shape index (κ3) is 5.88. The highest BCUT2D eigenvalue weighted by Crippen LogP contribution is 2.29. The van der Waals surface area contributed by atoms with Gasteiger partial charge in [-0.15, -0.1) is 0 Å². The van der Waals surface area contributed by atoms with Crippen LogP contribution < -0.4 is 14.8 Å². The highest BCUT2D eigenvalue weighted by atomic mass is 35.5. The van der Waals surface area contributed by atoms with E-state index in [2.05, 4.69) is 10.3 Å². The molecule has 0 spiro atoms. The number of ether oxygens (including phenoxy) is 2. The number of halogens is 1. The fourth-order valence-electron chi connectivity index (χ4n) is 3.80. The number of methoxy groups -OCH3 is 1. The van der Waals surface area contributed by atoms with Crippen molar-refractivity contribution in [3.8, 4) is 11.6 Å². The summed E-state index contributed by atoms with van der Waals surface area (Å²) >= 11 is 6.01. The van der Waals surface area contributed by atoms with Crippen LogP contribution in [0.15, 0.2) is 36.5 Å². The van der Waals surface area contributed by atoms with Gasteiger partial charge in [0.05, 0.1) is 19.3 Å². The van der Waals surface area contributed by atoms with Gasteiger partial charge in [-0.3, -0.25) is 4.79 Å². The average Bonchev–Trinajstić information content (AvgIpc) is 3.00. The zero-order valence-electron chi connectivity index (χ0n) is 17.5. The number of carboxylic acids is 1. The minimum atomic E-state index is -1.25. The van der Waals surface area contributed by atoms with Crippen LogP contribution in [0.2, 0.25) is 5.02 Å². The fourth-order valence-corrected chi connectivity index (χ4v) is 4.01. The van der Waals surface area contributed by atoms with Gasteiger partial charge in [0.25, 0.3) is 11.8 Å². The van der Waals surface area contributed by atoms with E-state index < -0.39 is 17.4 Å². The summed E-state index contributed by atoms with van der Waals surface area (Å²) in [6.45, 7) is 0.336. The second kappa shape index (κ2) is 10.5. The number of nitrogens with one attached hydrogen (secondary N) is 1. The molecule has 1 fully saturated rings. The molecule has 1 aliphatic carbocycles. The number of aliphatic carboxylic acids is 1. The highest BCUT2D eigenvalue weighted by molar-refractivity contribution is 6.30. The van der Waals surface area contributed by atoms with E-state index in [0.717, 1.165) is 31.2 Å². The normalized spacial score (nSPS) is 15.5. The minimum Gasteiger partial charge on any atom is -0.488 e. The van der Waals surface area contributed by atoms with E-state index in [4.69, 9.17) is 21.1 Å². The van der Waals surface area contributed by atoms with Crippen molar-refractivity contribution in [3.63, 3.8) is 0 Å². The number of benzene rings is 1. The van der Waals surface area contributed by atoms with Crippen LogP contribution in [0.5, 0.6) is 11.6 Å². The first-order valence-electron chi connectivity index (χ1n) is 10.4. The summed E-state index contributed by atoms with van der Waals surface area (Å²) in [5, 5.41) is 13.2. The molecule has 0 saturated heterocycles. The molecule has 1 aromatic heterocycles. The van der Waals surface area contributed by atoms with Crippen molar-refractivity contribution >= 4 is 23.5 Å². The van der Waals surface area contributed by atoms with Crippen LogP contribution in [0.4, 0.5) is 0 Å². The first-order valence-corrected chi connectivity index (χ1v) is 10.8. The fraction of sp³-hybridized carbons (Fsp3) is 0.435. The molecule has 1 aliphatic rings. The third-order valence-electron chi connectivity index (χ3n) is 5.53. The lowest BCUT2D eigenvalue weighted by Gasteiger charge is -2.29. The molecule has 0 atom stereocenters. The van der Waals surface area contributed by atoms with E-state index in [-0.39, 0.29) is 11.4 Å². The Labute approximate surface area is 186 Å². The summed E-state index contributed by atoms with van der Waals surface area (Å²) in [6, 6.07) is 9.02. The lowest BCUT2D eigenvalue weighted by molar-refractivity contribution is -0.145. The molecule has 1 saturated carbocycles. The maximum atomic E-state index is 12.9. The predicted molar refractivity (Wildman–Crippen MR) is 117 cm³/mol. The number of pyridine rings is 1. The zero-order chi connectivity index (χ0) is 22.3. The van der Waals surface area contributed by atoms with Crippen LogP contribution in [-0.2, 0) is 11.2 Å². The third-order valence-corrected chi connectivity index (χ3v) is 5.77. The molecule has 2 aromatic rings. The number of aromatic nitrogens is 1. The second-order valence-electron chi connectivity index (χ2n) is 7.72. The number of amides is 1. The molecule has 1 aromatic carbocycles. The Balaban J connectivity index is 1.72. The highest BCUT2D eigenvalue weighted by Gasteiger charge is 2.40. The van der Waals surface area contributed by atoms with Crippen LogP contribution in [0.3, 0.4) is 0 Å². The molecule has 31 heavy (non-hydrogen) atoms. The number of nitrogens with zero attached hydrogens (tertiary/aromatic N) is 1. The van der Waals surface area contributed by atoms with E-state index in [1.165, 1.54) is 19.4 Å². The van der Waals surface area contributed by atoms with E-state index >= 15 is 0 Å². The Morgan fingerprint density at radius 2 is 1.94 bits per heavy atom. The molecule has 3 rings (SSSR count). The first-order chi connectivity index (χ1) is 14.9. The van der Waals surface area contributed by atoms with Crippen molar-refractivity contribution in [2.24, 2.45) is 0 Å². The van der Waals surface area contributed by atoms with Crippen molar-refractivity contribution in [1.29, 1.82) is 0 Å². The average molecular weight is 447 g/mol. The van der Waals surface area contributed by atoms with Gasteiger partial charge in [0.1, 0.15) is 5.54 Å². The number of rotatable bonds is 8. The predicted octanol–water partition coefficient (Wildman–Crippen LogP) is 4.27. The van der Waals surface area contributed by atoms with Gasteiger partial charge < -0.3 is 19.9 Å². The lowest BCUT2D eigenvalue weighted by Crippen LogP contribution is -2.54. The minimum absolute atomic E-state index is 0.225. The van der Waals surface area contributed by atoms with E-state index in [1.807, 2.05) is 18.2 Å². The first kappa shape index (κ1) is 22.9. The van der Waals surface area contributed by atoms with Gasteiger partial charge in [-0.1, -0.05) is 49.4 Å². The van der Waals surface area contributed by atoms with Crippen molar-refractivity contribution in [2.75, 3.05) is 13.7 Å². The summed E-state index contributed by atoms with van der Waals surface area (Å²) in [4.78, 5) is 29.0. The van der Waals surface area contributed by atoms with E-state index in [9.17, 15) is 14.7 Å². The lowest BCUT2D eigenvalue weighted by atomic mass is 9.90. The van der Waals surface area contributed by atoms with Gasteiger partial charge in [0.15, 0.2) is 5.75 Å². The molecular weight excluding hydrogens is 420 g/mol. The topological polar surface area (TPSA) is 97.8 Å². The molecule has 1 heterocycles. The van der Waals surface area contributed by atoms with Gasteiger partial charge >= 0.3 is 5.97 Å². The molecule has 7 nitrogen and oxygen atoms in total.